The standard InChI is InChI=1S/C19H20F2N2O3S/c1-13-11-14-5-3-4-6-17(14)23(13)19(24)9-10-22(27(2,25)26)18-8-7-15(20)12-16(18)21/h3-8,12-13H,9-11H2,1-2H3. The lowest BCUT2D eigenvalue weighted by Gasteiger charge is -2.26. The largest absolute Gasteiger partial charge is 0.309 e. The Morgan fingerprint density at radius 2 is 1.93 bits per heavy atom. The predicted molar refractivity (Wildman–Crippen MR) is 100 cm³/mol. The van der Waals surface area contributed by atoms with Gasteiger partial charge >= 0.3 is 0 Å². The zero-order valence-electron chi connectivity index (χ0n) is 15.0. The van der Waals surface area contributed by atoms with E-state index in [1.54, 1.807) is 4.90 Å². The van der Waals surface area contributed by atoms with E-state index >= 15 is 0 Å². The van der Waals surface area contributed by atoms with Crippen LogP contribution in [-0.2, 0) is 21.2 Å². The fraction of sp³-hybridized carbons (Fsp3) is 0.316. The van der Waals surface area contributed by atoms with E-state index in [-0.39, 0.29) is 30.6 Å². The highest BCUT2D eigenvalue weighted by Gasteiger charge is 2.31. The quantitative estimate of drug-likeness (QED) is 0.783. The maximum atomic E-state index is 14.1. The molecule has 0 aromatic heterocycles. The Hall–Kier alpha value is -2.48. The van der Waals surface area contributed by atoms with E-state index < -0.39 is 21.7 Å². The molecule has 5 nitrogen and oxygen atoms in total. The van der Waals surface area contributed by atoms with Gasteiger partial charge in [0, 0.05) is 30.8 Å². The van der Waals surface area contributed by atoms with E-state index in [2.05, 4.69) is 0 Å². The summed E-state index contributed by atoms with van der Waals surface area (Å²) in [5.41, 5.74) is 1.60. The summed E-state index contributed by atoms with van der Waals surface area (Å²) in [6, 6.07) is 10.2. The summed E-state index contributed by atoms with van der Waals surface area (Å²) >= 11 is 0. The Balaban J connectivity index is 1.81. The SMILES string of the molecule is CC1Cc2ccccc2N1C(=O)CCN(c1ccc(F)cc1F)S(C)(=O)=O. The van der Waals surface area contributed by atoms with Gasteiger partial charge in [0.15, 0.2) is 0 Å². The molecule has 27 heavy (non-hydrogen) atoms. The lowest BCUT2D eigenvalue weighted by molar-refractivity contribution is -0.118. The predicted octanol–water partition coefficient (Wildman–Crippen LogP) is 3.10. The number of carbonyl (C=O) groups excluding carboxylic acids is 1. The summed E-state index contributed by atoms with van der Waals surface area (Å²) in [6.45, 7) is 1.69. The zero-order chi connectivity index (χ0) is 19.8. The van der Waals surface area contributed by atoms with E-state index in [0.717, 1.165) is 40.4 Å². The Kier molecular flexibility index (Phi) is 5.19. The topological polar surface area (TPSA) is 57.7 Å². The molecular weight excluding hydrogens is 374 g/mol. The molecule has 1 heterocycles. The van der Waals surface area contributed by atoms with Crippen LogP contribution in [0.15, 0.2) is 42.5 Å². The van der Waals surface area contributed by atoms with Gasteiger partial charge in [-0.15, -0.1) is 0 Å². The van der Waals surface area contributed by atoms with Crippen LogP contribution in [0.3, 0.4) is 0 Å². The third-order valence-corrected chi connectivity index (χ3v) is 5.76. The van der Waals surface area contributed by atoms with Crippen LogP contribution in [0.5, 0.6) is 0 Å². The second kappa shape index (κ2) is 7.26. The maximum Gasteiger partial charge on any atom is 0.232 e. The summed E-state index contributed by atoms with van der Waals surface area (Å²) in [7, 11) is -3.85. The summed E-state index contributed by atoms with van der Waals surface area (Å²) in [5.74, 6) is -2.04. The number of sulfonamides is 1. The van der Waals surface area contributed by atoms with Crippen molar-refractivity contribution in [1.82, 2.24) is 0 Å². The van der Waals surface area contributed by atoms with Crippen molar-refractivity contribution >= 4 is 27.3 Å². The molecule has 0 spiro atoms. The molecule has 0 aliphatic carbocycles. The first-order valence-corrected chi connectivity index (χ1v) is 10.4. The first-order valence-electron chi connectivity index (χ1n) is 8.51. The van der Waals surface area contributed by atoms with Gasteiger partial charge in [-0.05, 0) is 37.1 Å². The van der Waals surface area contributed by atoms with Gasteiger partial charge in [0.2, 0.25) is 15.9 Å². The average molecular weight is 394 g/mol. The fourth-order valence-electron chi connectivity index (χ4n) is 3.41. The Bertz CT molecular complexity index is 979. The number of benzene rings is 2. The zero-order valence-corrected chi connectivity index (χ0v) is 15.8. The van der Waals surface area contributed by atoms with Crippen molar-refractivity contribution in [2.45, 2.75) is 25.8 Å². The molecule has 0 N–H and O–H groups in total. The van der Waals surface area contributed by atoms with Gasteiger partial charge in [-0.1, -0.05) is 18.2 Å². The van der Waals surface area contributed by atoms with Crippen molar-refractivity contribution in [1.29, 1.82) is 0 Å². The monoisotopic (exact) mass is 394 g/mol. The molecule has 1 aliphatic heterocycles. The molecule has 0 saturated carbocycles. The number of para-hydroxylation sites is 1. The van der Waals surface area contributed by atoms with Gasteiger partial charge in [0.1, 0.15) is 11.6 Å². The molecule has 1 aliphatic rings. The van der Waals surface area contributed by atoms with Crippen molar-refractivity contribution in [3.8, 4) is 0 Å². The van der Waals surface area contributed by atoms with Crippen LogP contribution >= 0.6 is 0 Å². The number of hydrogen-bond donors (Lipinski definition) is 0. The van der Waals surface area contributed by atoms with Crippen molar-refractivity contribution in [2.24, 2.45) is 0 Å². The van der Waals surface area contributed by atoms with Crippen LogP contribution in [0.1, 0.15) is 18.9 Å². The normalized spacial score (nSPS) is 16.3. The Morgan fingerprint density at radius 1 is 1.22 bits per heavy atom. The van der Waals surface area contributed by atoms with Crippen LogP contribution < -0.4 is 9.21 Å². The van der Waals surface area contributed by atoms with Crippen LogP contribution in [0.25, 0.3) is 0 Å². The molecule has 144 valence electrons. The number of rotatable bonds is 5. The van der Waals surface area contributed by atoms with Crippen LogP contribution in [-0.4, -0.2) is 33.2 Å². The molecule has 2 aromatic carbocycles. The summed E-state index contributed by atoms with van der Waals surface area (Å²) in [5, 5.41) is 0. The maximum absolute atomic E-state index is 14.1. The van der Waals surface area contributed by atoms with E-state index in [0.29, 0.717) is 6.07 Å². The lowest BCUT2D eigenvalue weighted by atomic mass is 10.1. The second-order valence-electron chi connectivity index (χ2n) is 6.63. The van der Waals surface area contributed by atoms with Crippen molar-refractivity contribution in [3.05, 3.63) is 59.7 Å². The molecule has 1 amide bonds. The van der Waals surface area contributed by atoms with Crippen LogP contribution in [0.2, 0.25) is 0 Å². The number of nitrogens with zero attached hydrogens (tertiary/aromatic N) is 2. The van der Waals surface area contributed by atoms with Crippen molar-refractivity contribution in [2.75, 3.05) is 22.0 Å². The van der Waals surface area contributed by atoms with Crippen molar-refractivity contribution < 1.29 is 22.0 Å². The number of hydrogen-bond acceptors (Lipinski definition) is 3. The number of anilines is 2. The third kappa shape index (κ3) is 3.95. The van der Waals surface area contributed by atoms with E-state index in [4.69, 9.17) is 0 Å². The Labute approximate surface area is 157 Å². The number of carbonyl (C=O) groups is 1. The minimum absolute atomic E-state index is 0.0378. The van der Waals surface area contributed by atoms with Gasteiger partial charge < -0.3 is 4.90 Å². The molecule has 3 rings (SSSR count). The van der Waals surface area contributed by atoms with Crippen LogP contribution in [0.4, 0.5) is 20.2 Å². The number of amides is 1. The van der Waals surface area contributed by atoms with Crippen LogP contribution in [0, 0.1) is 11.6 Å². The highest BCUT2D eigenvalue weighted by Crippen LogP contribution is 2.32. The van der Waals surface area contributed by atoms with Gasteiger partial charge in [-0.2, -0.15) is 0 Å². The number of fused-ring (bicyclic) bond motifs is 1. The summed E-state index contributed by atoms with van der Waals surface area (Å²) < 4.78 is 52.2. The molecule has 0 fully saturated rings. The minimum Gasteiger partial charge on any atom is -0.309 e. The average Bonchev–Trinajstić information content (AvgIpc) is 2.91. The first-order chi connectivity index (χ1) is 12.7. The smallest absolute Gasteiger partial charge is 0.232 e. The number of halogens is 2. The molecule has 1 unspecified atom stereocenters. The highest BCUT2D eigenvalue weighted by molar-refractivity contribution is 7.92. The molecular formula is C19H20F2N2O3S. The van der Waals surface area contributed by atoms with E-state index in [9.17, 15) is 22.0 Å². The molecule has 1 atom stereocenters. The lowest BCUT2D eigenvalue weighted by Crippen LogP contribution is -2.39. The second-order valence-corrected chi connectivity index (χ2v) is 8.53. The third-order valence-electron chi connectivity index (χ3n) is 4.58. The summed E-state index contributed by atoms with van der Waals surface area (Å²) in [6.07, 6.45) is 1.53. The highest BCUT2D eigenvalue weighted by atomic mass is 32.2. The van der Waals surface area contributed by atoms with Gasteiger partial charge in [-0.3, -0.25) is 9.10 Å². The molecule has 2 aromatic rings. The molecule has 0 saturated heterocycles. The van der Waals surface area contributed by atoms with E-state index in [1.807, 2.05) is 31.2 Å². The molecule has 0 radical (unpaired) electrons. The van der Waals surface area contributed by atoms with E-state index in [1.165, 1.54) is 0 Å². The van der Waals surface area contributed by atoms with Gasteiger partial charge in [0.05, 0.1) is 11.9 Å². The Morgan fingerprint density at radius 3 is 2.59 bits per heavy atom. The fourth-order valence-corrected chi connectivity index (χ4v) is 4.34. The first kappa shape index (κ1) is 19.3. The minimum atomic E-state index is -3.85. The summed E-state index contributed by atoms with van der Waals surface area (Å²) in [4.78, 5) is 14.4. The van der Waals surface area contributed by atoms with Gasteiger partial charge in [0.25, 0.3) is 0 Å². The van der Waals surface area contributed by atoms with Gasteiger partial charge in [-0.25, -0.2) is 17.2 Å². The molecule has 0 bridgehead atoms. The van der Waals surface area contributed by atoms with Crippen molar-refractivity contribution in [3.63, 3.8) is 0 Å². The molecule has 8 heteroatoms.